The lowest BCUT2D eigenvalue weighted by Crippen LogP contribution is -1.80. The van der Waals surface area contributed by atoms with Crippen LogP contribution in [0.25, 0.3) is 11.6 Å². The Labute approximate surface area is 64.8 Å². The second-order valence-electron chi connectivity index (χ2n) is 2.39. The fourth-order valence-corrected chi connectivity index (χ4v) is 1.06. The largest absolute Gasteiger partial charge is 0.306 e. The van der Waals surface area contributed by atoms with Crippen molar-refractivity contribution in [3.05, 3.63) is 43.0 Å². The maximum absolute atomic E-state index is 4.01. The molecule has 0 aliphatic carbocycles. The quantitative estimate of drug-likeness (QED) is 0.598. The Kier molecular flexibility index (Phi) is 1.25. The molecule has 2 heteroatoms. The van der Waals surface area contributed by atoms with Crippen molar-refractivity contribution < 1.29 is 0 Å². The number of rotatable bonds is 1. The van der Waals surface area contributed by atoms with Gasteiger partial charge in [-0.15, -0.1) is 0 Å². The molecule has 0 fully saturated rings. The van der Waals surface area contributed by atoms with Crippen molar-refractivity contribution >= 4 is 11.6 Å². The molecule has 11 heavy (non-hydrogen) atoms. The van der Waals surface area contributed by atoms with Crippen LogP contribution in [-0.4, -0.2) is 9.38 Å². The Bertz CT molecular complexity index is 387. The van der Waals surface area contributed by atoms with Gasteiger partial charge in [-0.1, -0.05) is 12.7 Å². The molecule has 0 N–H and O–H groups in total. The number of fused-ring (bicyclic) bond motifs is 1. The van der Waals surface area contributed by atoms with E-state index in [-0.39, 0.29) is 0 Å². The second-order valence-corrected chi connectivity index (χ2v) is 2.39. The molecule has 0 amide bonds. The van der Waals surface area contributed by atoms with Gasteiger partial charge in [-0.05, 0) is 17.7 Å². The van der Waals surface area contributed by atoms with Crippen LogP contribution < -0.4 is 0 Å². The lowest BCUT2D eigenvalue weighted by atomic mass is 10.2. The monoisotopic (exact) mass is 144 g/mol. The van der Waals surface area contributed by atoms with E-state index >= 15 is 0 Å². The van der Waals surface area contributed by atoms with E-state index in [0.717, 1.165) is 11.1 Å². The Morgan fingerprint density at radius 3 is 3.27 bits per heavy atom. The first-order valence-electron chi connectivity index (χ1n) is 3.44. The minimum Gasteiger partial charge on any atom is -0.306 e. The summed E-state index contributed by atoms with van der Waals surface area (Å²) in [5.41, 5.74) is 2.22. The molecule has 0 saturated carbocycles. The lowest BCUT2D eigenvalue weighted by Gasteiger charge is -1.93. The molecule has 0 saturated heterocycles. The summed E-state index contributed by atoms with van der Waals surface area (Å²) >= 11 is 0. The van der Waals surface area contributed by atoms with Crippen molar-refractivity contribution in [2.45, 2.75) is 0 Å². The third kappa shape index (κ3) is 0.923. The highest BCUT2D eigenvalue weighted by atomic mass is 15.0. The van der Waals surface area contributed by atoms with E-state index in [1.54, 1.807) is 6.33 Å². The van der Waals surface area contributed by atoms with Crippen LogP contribution in [0.5, 0.6) is 0 Å². The van der Waals surface area contributed by atoms with Crippen LogP contribution in [0.3, 0.4) is 0 Å². The maximum Gasteiger partial charge on any atom is 0.0991 e. The zero-order chi connectivity index (χ0) is 7.68. The van der Waals surface area contributed by atoms with Crippen LogP contribution >= 0.6 is 0 Å². The van der Waals surface area contributed by atoms with Gasteiger partial charge >= 0.3 is 0 Å². The summed E-state index contributed by atoms with van der Waals surface area (Å²) in [6.45, 7) is 3.69. The topological polar surface area (TPSA) is 17.3 Å². The minimum absolute atomic E-state index is 1.10. The van der Waals surface area contributed by atoms with Crippen molar-refractivity contribution in [2.24, 2.45) is 0 Å². The molecule has 0 spiro atoms. The number of nitrogens with zero attached hydrogens (tertiary/aromatic N) is 2. The molecule has 2 rings (SSSR count). The first-order valence-corrected chi connectivity index (χ1v) is 3.44. The van der Waals surface area contributed by atoms with Gasteiger partial charge in [0.25, 0.3) is 0 Å². The third-order valence-corrected chi connectivity index (χ3v) is 1.67. The van der Waals surface area contributed by atoms with Gasteiger partial charge in [0.2, 0.25) is 0 Å². The summed E-state index contributed by atoms with van der Waals surface area (Å²) in [5.74, 6) is 0. The van der Waals surface area contributed by atoms with Crippen molar-refractivity contribution in [2.75, 3.05) is 0 Å². The van der Waals surface area contributed by atoms with Crippen LogP contribution in [0.2, 0.25) is 0 Å². The van der Waals surface area contributed by atoms with E-state index in [1.165, 1.54) is 0 Å². The molecule has 0 bridgehead atoms. The molecule has 54 valence electrons. The number of pyridine rings is 1. The highest BCUT2D eigenvalue weighted by molar-refractivity contribution is 5.56. The Balaban J connectivity index is 2.76. The number of aromatic nitrogens is 2. The molecule has 0 aliphatic rings. The van der Waals surface area contributed by atoms with E-state index in [4.69, 9.17) is 0 Å². The zero-order valence-corrected chi connectivity index (χ0v) is 6.07. The molecular formula is C9H8N2. The predicted molar refractivity (Wildman–Crippen MR) is 45.3 cm³/mol. The maximum atomic E-state index is 4.01. The molecule has 0 unspecified atom stereocenters. The molecular weight excluding hydrogens is 136 g/mol. The molecule has 2 nitrogen and oxygen atoms in total. The molecule has 0 aromatic carbocycles. The molecule has 0 radical (unpaired) electrons. The average Bonchev–Trinajstić information content (AvgIpc) is 2.50. The fraction of sp³-hybridized carbons (Fsp3) is 0. The van der Waals surface area contributed by atoms with E-state index in [1.807, 2.05) is 35.0 Å². The standard InChI is InChI=1S/C9H8N2/c1-2-8-3-4-11-7-10-6-9(11)5-8/h2-7H,1H2. The summed E-state index contributed by atoms with van der Waals surface area (Å²) < 4.78 is 1.97. The SMILES string of the molecule is C=Cc1ccn2cncc2c1. The summed E-state index contributed by atoms with van der Waals surface area (Å²) in [6.07, 6.45) is 7.40. The van der Waals surface area contributed by atoms with Gasteiger partial charge in [0.05, 0.1) is 18.0 Å². The lowest BCUT2D eigenvalue weighted by molar-refractivity contribution is 1.15. The van der Waals surface area contributed by atoms with Crippen LogP contribution in [0, 0.1) is 0 Å². The van der Waals surface area contributed by atoms with Gasteiger partial charge in [0.15, 0.2) is 0 Å². The minimum atomic E-state index is 1.10. The summed E-state index contributed by atoms with van der Waals surface area (Å²) in [5, 5.41) is 0. The van der Waals surface area contributed by atoms with Gasteiger partial charge in [-0.3, -0.25) is 0 Å². The Hall–Kier alpha value is -1.57. The molecule has 0 aliphatic heterocycles. The summed E-state index contributed by atoms with van der Waals surface area (Å²) in [4.78, 5) is 4.01. The normalized spacial score (nSPS) is 10.2. The highest BCUT2D eigenvalue weighted by Crippen LogP contribution is 2.06. The van der Waals surface area contributed by atoms with Crippen LogP contribution in [0.1, 0.15) is 5.56 Å². The fourth-order valence-electron chi connectivity index (χ4n) is 1.06. The predicted octanol–water partition coefficient (Wildman–Crippen LogP) is 1.98. The summed E-state index contributed by atoms with van der Waals surface area (Å²) in [7, 11) is 0. The second kappa shape index (κ2) is 2.23. The molecule has 2 aromatic rings. The highest BCUT2D eigenvalue weighted by Gasteiger charge is 1.91. The zero-order valence-electron chi connectivity index (χ0n) is 6.07. The first kappa shape index (κ1) is 6.16. The van der Waals surface area contributed by atoms with Crippen LogP contribution in [-0.2, 0) is 0 Å². The van der Waals surface area contributed by atoms with E-state index < -0.39 is 0 Å². The Morgan fingerprint density at radius 2 is 2.45 bits per heavy atom. The van der Waals surface area contributed by atoms with Gasteiger partial charge < -0.3 is 4.40 Å². The molecule has 0 atom stereocenters. The van der Waals surface area contributed by atoms with E-state index in [9.17, 15) is 0 Å². The van der Waals surface area contributed by atoms with E-state index in [2.05, 4.69) is 11.6 Å². The van der Waals surface area contributed by atoms with Gasteiger partial charge in [0, 0.05) is 6.20 Å². The van der Waals surface area contributed by atoms with E-state index in [0.29, 0.717) is 0 Å². The van der Waals surface area contributed by atoms with Crippen molar-refractivity contribution in [1.82, 2.24) is 9.38 Å². The van der Waals surface area contributed by atoms with Crippen molar-refractivity contribution in [3.63, 3.8) is 0 Å². The molecule has 2 heterocycles. The van der Waals surface area contributed by atoms with Crippen molar-refractivity contribution in [1.29, 1.82) is 0 Å². The van der Waals surface area contributed by atoms with Crippen LogP contribution in [0.4, 0.5) is 0 Å². The average molecular weight is 144 g/mol. The van der Waals surface area contributed by atoms with Crippen LogP contribution in [0.15, 0.2) is 37.4 Å². The first-order chi connectivity index (χ1) is 5.40. The number of hydrogen-bond donors (Lipinski definition) is 0. The third-order valence-electron chi connectivity index (χ3n) is 1.67. The number of imidazole rings is 1. The van der Waals surface area contributed by atoms with Crippen molar-refractivity contribution in [3.8, 4) is 0 Å². The van der Waals surface area contributed by atoms with Gasteiger partial charge in [0.1, 0.15) is 0 Å². The summed E-state index contributed by atoms with van der Waals surface area (Å²) in [6, 6.07) is 4.04. The Morgan fingerprint density at radius 1 is 1.55 bits per heavy atom. The smallest absolute Gasteiger partial charge is 0.0991 e. The van der Waals surface area contributed by atoms with Gasteiger partial charge in [-0.25, -0.2) is 4.98 Å². The molecule has 2 aromatic heterocycles. The van der Waals surface area contributed by atoms with Gasteiger partial charge in [-0.2, -0.15) is 0 Å². The number of hydrogen-bond acceptors (Lipinski definition) is 1.